The number of ether oxygens (including phenoxy) is 1. The first-order valence-corrected chi connectivity index (χ1v) is 6.71. The van der Waals surface area contributed by atoms with Gasteiger partial charge in [-0.3, -0.25) is 0 Å². The maximum Gasteiger partial charge on any atom is 0.0705 e. The molecule has 3 N–H and O–H groups in total. The molecule has 16 heavy (non-hydrogen) atoms. The Morgan fingerprint density at radius 1 is 1.25 bits per heavy atom. The third-order valence-corrected chi connectivity index (χ3v) is 3.22. The van der Waals surface area contributed by atoms with Crippen LogP contribution in [-0.4, -0.2) is 32.8 Å². The molecule has 98 valence electrons. The van der Waals surface area contributed by atoms with Crippen molar-refractivity contribution < 1.29 is 4.74 Å². The minimum Gasteiger partial charge on any atom is -0.380 e. The quantitative estimate of drug-likeness (QED) is 0.535. The van der Waals surface area contributed by atoms with Crippen LogP contribution in [0.3, 0.4) is 0 Å². The van der Waals surface area contributed by atoms with E-state index in [0.29, 0.717) is 6.54 Å². The molecule has 3 nitrogen and oxygen atoms in total. The summed E-state index contributed by atoms with van der Waals surface area (Å²) < 4.78 is 5.23. The average molecular weight is 230 g/mol. The molecule has 2 atom stereocenters. The van der Waals surface area contributed by atoms with Crippen molar-refractivity contribution in [1.82, 2.24) is 5.32 Å². The number of unbranched alkanes of at least 4 members (excludes halogenated alkanes) is 1. The van der Waals surface area contributed by atoms with E-state index in [1.165, 1.54) is 25.7 Å². The highest BCUT2D eigenvalue weighted by Crippen LogP contribution is 2.11. The van der Waals surface area contributed by atoms with Crippen LogP contribution in [0.5, 0.6) is 0 Å². The average Bonchev–Trinajstić information content (AvgIpc) is 2.33. The standard InChI is InChI=1S/C13H30N2O/c1-4-6-7-12(5-2)11-15-9-8-13(10-14)16-3/h12-13,15H,4-11,14H2,1-3H3. The van der Waals surface area contributed by atoms with Crippen molar-refractivity contribution in [1.29, 1.82) is 0 Å². The van der Waals surface area contributed by atoms with Crippen molar-refractivity contribution in [3.8, 4) is 0 Å². The van der Waals surface area contributed by atoms with Gasteiger partial charge in [0, 0.05) is 13.7 Å². The highest BCUT2D eigenvalue weighted by molar-refractivity contribution is 4.64. The molecule has 0 saturated carbocycles. The van der Waals surface area contributed by atoms with Crippen LogP contribution >= 0.6 is 0 Å². The van der Waals surface area contributed by atoms with Crippen molar-refractivity contribution in [2.24, 2.45) is 11.7 Å². The molecular weight excluding hydrogens is 200 g/mol. The van der Waals surface area contributed by atoms with E-state index in [1.807, 2.05) is 0 Å². The minimum atomic E-state index is 0.211. The van der Waals surface area contributed by atoms with E-state index in [0.717, 1.165) is 25.4 Å². The van der Waals surface area contributed by atoms with E-state index < -0.39 is 0 Å². The molecule has 0 aliphatic rings. The molecule has 0 saturated heterocycles. The van der Waals surface area contributed by atoms with Gasteiger partial charge in [-0.1, -0.05) is 33.1 Å². The summed E-state index contributed by atoms with van der Waals surface area (Å²) in [7, 11) is 1.73. The summed E-state index contributed by atoms with van der Waals surface area (Å²) in [5.41, 5.74) is 5.56. The Balaban J connectivity index is 3.46. The van der Waals surface area contributed by atoms with Crippen molar-refractivity contribution in [2.75, 3.05) is 26.7 Å². The van der Waals surface area contributed by atoms with Crippen LogP contribution in [0.15, 0.2) is 0 Å². The Labute approximate surface area is 101 Å². The molecule has 2 unspecified atom stereocenters. The van der Waals surface area contributed by atoms with Gasteiger partial charge in [0.2, 0.25) is 0 Å². The predicted molar refractivity (Wildman–Crippen MR) is 70.6 cm³/mol. The van der Waals surface area contributed by atoms with Crippen molar-refractivity contribution >= 4 is 0 Å². The highest BCUT2D eigenvalue weighted by atomic mass is 16.5. The number of hydrogen-bond acceptors (Lipinski definition) is 3. The summed E-state index contributed by atoms with van der Waals surface area (Å²) in [6.07, 6.45) is 6.50. The van der Waals surface area contributed by atoms with Gasteiger partial charge < -0.3 is 15.8 Å². The largest absolute Gasteiger partial charge is 0.380 e. The van der Waals surface area contributed by atoms with Crippen LogP contribution in [0.4, 0.5) is 0 Å². The van der Waals surface area contributed by atoms with E-state index in [4.69, 9.17) is 10.5 Å². The second-order valence-corrected chi connectivity index (χ2v) is 4.50. The van der Waals surface area contributed by atoms with E-state index in [2.05, 4.69) is 19.2 Å². The smallest absolute Gasteiger partial charge is 0.0705 e. The molecule has 0 fully saturated rings. The zero-order chi connectivity index (χ0) is 12.2. The fourth-order valence-electron chi connectivity index (χ4n) is 1.84. The molecule has 0 aromatic carbocycles. The molecule has 0 radical (unpaired) electrons. The Morgan fingerprint density at radius 3 is 2.50 bits per heavy atom. The first-order chi connectivity index (χ1) is 7.78. The van der Waals surface area contributed by atoms with Gasteiger partial charge in [0.1, 0.15) is 0 Å². The SMILES string of the molecule is CCCCC(CC)CNCCC(CN)OC. The molecule has 0 aromatic rings. The molecule has 0 rings (SSSR count). The second-order valence-electron chi connectivity index (χ2n) is 4.50. The van der Waals surface area contributed by atoms with Crippen molar-refractivity contribution in [2.45, 2.75) is 52.1 Å². The molecular formula is C13H30N2O. The maximum absolute atomic E-state index is 5.56. The predicted octanol–water partition coefficient (Wildman–Crippen LogP) is 2.16. The van der Waals surface area contributed by atoms with Gasteiger partial charge in [0.25, 0.3) is 0 Å². The van der Waals surface area contributed by atoms with Crippen LogP contribution in [0.2, 0.25) is 0 Å². The van der Waals surface area contributed by atoms with E-state index in [1.54, 1.807) is 7.11 Å². The molecule has 0 aliphatic carbocycles. The van der Waals surface area contributed by atoms with Gasteiger partial charge in [0.05, 0.1) is 6.10 Å². The van der Waals surface area contributed by atoms with Gasteiger partial charge in [-0.15, -0.1) is 0 Å². The van der Waals surface area contributed by atoms with Gasteiger partial charge in [0.15, 0.2) is 0 Å². The first-order valence-electron chi connectivity index (χ1n) is 6.71. The van der Waals surface area contributed by atoms with Crippen LogP contribution in [0.25, 0.3) is 0 Å². The molecule has 0 aromatic heterocycles. The topological polar surface area (TPSA) is 47.3 Å². The monoisotopic (exact) mass is 230 g/mol. The maximum atomic E-state index is 5.56. The normalized spacial score (nSPS) is 15.0. The van der Waals surface area contributed by atoms with Crippen LogP contribution in [0, 0.1) is 5.92 Å². The van der Waals surface area contributed by atoms with Gasteiger partial charge in [-0.25, -0.2) is 0 Å². The lowest BCUT2D eigenvalue weighted by Crippen LogP contribution is -2.30. The summed E-state index contributed by atoms with van der Waals surface area (Å²) in [5.74, 6) is 0.832. The Morgan fingerprint density at radius 2 is 2.00 bits per heavy atom. The molecule has 0 amide bonds. The number of rotatable bonds is 11. The summed E-state index contributed by atoms with van der Waals surface area (Å²) in [6, 6.07) is 0. The van der Waals surface area contributed by atoms with E-state index in [-0.39, 0.29) is 6.10 Å². The zero-order valence-corrected chi connectivity index (χ0v) is 11.3. The molecule has 0 heterocycles. The molecule has 0 spiro atoms. The highest BCUT2D eigenvalue weighted by Gasteiger charge is 2.06. The van der Waals surface area contributed by atoms with Gasteiger partial charge in [-0.05, 0) is 31.8 Å². The summed E-state index contributed by atoms with van der Waals surface area (Å²) in [6.45, 7) is 7.30. The summed E-state index contributed by atoms with van der Waals surface area (Å²) in [5, 5.41) is 3.51. The summed E-state index contributed by atoms with van der Waals surface area (Å²) >= 11 is 0. The lowest BCUT2D eigenvalue weighted by atomic mass is 9.99. The Kier molecular flexibility index (Phi) is 11.3. The Bertz CT molecular complexity index is 138. The van der Waals surface area contributed by atoms with Crippen LogP contribution < -0.4 is 11.1 Å². The molecule has 0 aliphatic heterocycles. The second kappa shape index (κ2) is 11.4. The lowest BCUT2D eigenvalue weighted by Gasteiger charge is -2.17. The molecule has 0 bridgehead atoms. The van der Waals surface area contributed by atoms with E-state index >= 15 is 0 Å². The fourth-order valence-corrected chi connectivity index (χ4v) is 1.84. The number of methoxy groups -OCH3 is 1. The Hall–Kier alpha value is -0.120. The van der Waals surface area contributed by atoms with Gasteiger partial charge >= 0.3 is 0 Å². The van der Waals surface area contributed by atoms with Crippen molar-refractivity contribution in [3.63, 3.8) is 0 Å². The van der Waals surface area contributed by atoms with Crippen LogP contribution in [0.1, 0.15) is 46.0 Å². The first kappa shape index (κ1) is 15.9. The number of nitrogens with one attached hydrogen (secondary N) is 1. The van der Waals surface area contributed by atoms with Gasteiger partial charge in [-0.2, -0.15) is 0 Å². The lowest BCUT2D eigenvalue weighted by molar-refractivity contribution is 0.102. The zero-order valence-electron chi connectivity index (χ0n) is 11.3. The third-order valence-electron chi connectivity index (χ3n) is 3.22. The number of hydrogen-bond donors (Lipinski definition) is 2. The molecule has 3 heteroatoms. The minimum absolute atomic E-state index is 0.211. The number of nitrogens with two attached hydrogens (primary N) is 1. The van der Waals surface area contributed by atoms with Crippen LogP contribution in [-0.2, 0) is 4.74 Å². The third kappa shape index (κ3) is 8.08. The fraction of sp³-hybridized carbons (Fsp3) is 1.00. The summed E-state index contributed by atoms with van der Waals surface area (Å²) in [4.78, 5) is 0. The van der Waals surface area contributed by atoms with E-state index in [9.17, 15) is 0 Å². The van der Waals surface area contributed by atoms with Crippen molar-refractivity contribution in [3.05, 3.63) is 0 Å².